The summed E-state index contributed by atoms with van der Waals surface area (Å²) in [4.78, 5) is -0.748. The van der Waals surface area contributed by atoms with Crippen LogP contribution in [0, 0.1) is 11.6 Å². The summed E-state index contributed by atoms with van der Waals surface area (Å²) >= 11 is 0. The van der Waals surface area contributed by atoms with Crippen molar-refractivity contribution in [1.82, 2.24) is 4.72 Å². The highest BCUT2D eigenvalue weighted by Gasteiger charge is 2.23. The SMILES string of the molecule is CCOC(C)CNS(=O)(=O)c1cc(CN)cc(F)c1F. The molecule has 1 aromatic rings. The van der Waals surface area contributed by atoms with Crippen molar-refractivity contribution in [2.24, 2.45) is 5.73 Å². The highest BCUT2D eigenvalue weighted by molar-refractivity contribution is 7.89. The van der Waals surface area contributed by atoms with E-state index in [1.807, 2.05) is 0 Å². The van der Waals surface area contributed by atoms with Crippen LogP contribution >= 0.6 is 0 Å². The number of halogens is 2. The molecule has 0 saturated heterocycles. The Labute approximate surface area is 117 Å². The third kappa shape index (κ3) is 4.20. The molecule has 0 bridgehead atoms. The molecule has 0 fully saturated rings. The summed E-state index contributed by atoms with van der Waals surface area (Å²) in [7, 11) is -4.16. The first-order chi connectivity index (χ1) is 9.31. The van der Waals surface area contributed by atoms with E-state index in [-0.39, 0.29) is 24.8 Å². The van der Waals surface area contributed by atoms with Crippen LogP contribution in [0.3, 0.4) is 0 Å². The summed E-state index contributed by atoms with van der Waals surface area (Å²) in [5, 5.41) is 0. The largest absolute Gasteiger partial charge is 0.377 e. The lowest BCUT2D eigenvalue weighted by atomic mass is 10.2. The molecule has 0 aliphatic heterocycles. The fourth-order valence-electron chi connectivity index (χ4n) is 1.58. The Bertz CT molecular complexity index is 564. The molecule has 1 atom stereocenters. The van der Waals surface area contributed by atoms with E-state index in [9.17, 15) is 17.2 Å². The smallest absolute Gasteiger partial charge is 0.243 e. The van der Waals surface area contributed by atoms with Gasteiger partial charge in [0.05, 0.1) is 6.10 Å². The molecule has 0 spiro atoms. The van der Waals surface area contributed by atoms with E-state index in [4.69, 9.17) is 10.5 Å². The van der Waals surface area contributed by atoms with E-state index >= 15 is 0 Å². The summed E-state index contributed by atoms with van der Waals surface area (Å²) in [6.07, 6.45) is -0.375. The van der Waals surface area contributed by atoms with E-state index in [2.05, 4.69) is 4.72 Å². The standard InChI is InChI=1S/C12H18F2N2O3S/c1-3-19-8(2)7-16-20(17,18)11-5-9(6-15)4-10(13)12(11)14/h4-5,8,16H,3,6-7,15H2,1-2H3. The van der Waals surface area contributed by atoms with Crippen LogP contribution in [0.1, 0.15) is 19.4 Å². The minimum Gasteiger partial charge on any atom is -0.377 e. The van der Waals surface area contributed by atoms with Crippen LogP contribution in [0.15, 0.2) is 17.0 Å². The Kier molecular flexibility index (Phi) is 6.00. The Balaban J connectivity index is 3.00. The van der Waals surface area contributed by atoms with Gasteiger partial charge in [0.15, 0.2) is 11.6 Å². The monoisotopic (exact) mass is 308 g/mol. The summed E-state index contributed by atoms with van der Waals surface area (Å²) in [5.74, 6) is -2.66. The third-order valence-electron chi connectivity index (χ3n) is 2.59. The van der Waals surface area contributed by atoms with E-state index < -0.39 is 26.6 Å². The Morgan fingerprint density at radius 3 is 2.60 bits per heavy atom. The predicted octanol–water partition coefficient (Wildman–Crippen LogP) is 1.13. The second-order valence-electron chi connectivity index (χ2n) is 4.21. The molecule has 3 N–H and O–H groups in total. The quantitative estimate of drug-likeness (QED) is 0.791. The first kappa shape index (κ1) is 17.0. The predicted molar refractivity (Wildman–Crippen MR) is 70.5 cm³/mol. The first-order valence-corrected chi connectivity index (χ1v) is 7.59. The highest BCUT2D eigenvalue weighted by atomic mass is 32.2. The molecule has 0 heterocycles. The van der Waals surface area contributed by atoms with Crippen LogP contribution in [0.4, 0.5) is 8.78 Å². The van der Waals surface area contributed by atoms with Gasteiger partial charge in [-0.1, -0.05) is 0 Å². The molecule has 114 valence electrons. The van der Waals surface area contributed by atoms with Crippen molar-refractivity contribution in [1.29, 1.82) is 0 Å². The first-order valence-electron chi connectivity index (χ1n) is 6.11. The van der Waals surface area contributed by atoms with Crippen LogP contribution in [-0.2, 0) is 21.3 Å². The maximum Gasteiger partial charge on any atom is 0.243 e. The average Bonchev–Trinajstić information content (AvgIpc) is 2.39. The summed E-state index contributed by atoms with van der Waals surface area (Å²) in [6, 6.07) is 1.89. The van der Waals surface area contributed by atoms with Gasteiger partial charge in [0.25, 0.3) is 0 Å². The number of benzene rings is 1. The Morgan fingerprint density at radius 1 is 1.40 bits per heavy atom. The molecule has 0 aliphatic rings. The zero-order valence-electron chi connectivity index (χ0n) is 11.3. The molecule has 20 heavy (non-hydrogen) atoms. The fourth-order valence-corrected chi connectivity index (χ4v) is 2.83. The summed E-state index contributed by atoms with van der Waals surface area (Å²) < 4.78 is 58.2. The van der Waals surface area contributed by atoms with Gasteiger partial charge in [-0.2, -0.15) is 0 Å². The van der Waals surface area contributed by atoms with Gasteiger partial charge < -0.3 is 10.5 Å². The molecule has 1 unspecified atom stereocenters. The van der Waals surface area contributed by atoms with Gasteiger partial charge in [-0.05, 0) is 31.5 Å². The molecule has 1 aromatic carbocycles. The van der Waals surface area contributed by atoms with Gasteiger partial charge >= 0.3 is 0 Å². The van der Waals surface area contributed by atoms with Crippen molar-refractivity contribution in [3.63, 3.8) is 0 Å². The van der Waals surface area contributed by atoms with Gasteiger partial charge in [0, 0.05) is 19.7 Å². The van der Waals surface area contributed by atoms with E-state index in [1.54, 1.807) is 13.8 Å². The number of rotatable bonds is 7. The maximum atomic E-state index is 13.6. The molecule has 8 heteroatoms. The van der Waals surface area contributed by atoms with Gasteiger partial charge in [-0.25, -0.2) is 21.9 Å². The van der Waals surface area contributed by atoms with Gasteiger partial charge in [0.1, 0.15) is 4.90 Å². The van der Waals surface area contributed by atoms with E-state index in [1.165, 1.54) is 0 Å². The lowest BCUT2D eigenvalue weighted by Gasteiger charge is -2.14. The lowest BCUT2D eigenvalue weighted by molar-refractivity contribution is 0.0799. The number of hydrogen-bond acceptors (Lipinski definition) is 4. The number of ether oxygens (including phenoxy) is 1. The fraction of sp³-hybridized carbons (Fsp3) is 0.500. The zero-order valence-corrected chi connectivity index (χ0v) is 12.1. The van der Waals surface area contributed by atoms with Crippen LogP contribution in [0.25, 0.3) is 0 Å². The second-order valence-corrected chi connectivity index (χ2v) is 5.95. The summed E-state index contributed by atoms with van der Waals surface area (Å²) in [5.41, 5.74) is 5.51. The normalized spacial score (nSPS) is 13.4. The van der Waals surface area contributed by atoms with E-state index in [0.717, 1.165) is 12.1 Å². The number of nitrogens with two attached hydrogens (primary N) is 1. The topological polar surface area (TPSA) is 81.4 Å². The molecule has 5 nitrogen and oxygen atoms in total. The molecule has 0 saturated carbocycles. The number of sulfonamides is 1. The molecule has 1 rings (SSSR count). The van der Waals surface area contributed by atoms with Crippen LogP contribution in [0.2, 0.25) is 0 Å². The van der Waals surface area contributed by atoms with Crippen molar-refractivity contribution in [2.75, 3.05) is 13.2 Å². The average molecular weight is 308 g/mol. The van der Waals surface area contributed by atoms with Crippen molar-refractivity contribution >= 4 is 10.0 Å². The molecular formula is C12H18F2N2O3S. The minimum atomic E-state index is -4.16. The zero-order chi connectivity index (χ0) is 15.3. The van der Waals surface area contributed by atoms with Gasteiger partial charge in [0.2, 0.25) is 10.0 Å². The Morgan fingerprint density at radius 2 is 2.05 bits per heavy atom. The maximum absolute atomic E-state index is 13.6. The minimum absolute atomic E-state index is 0.0376. The van der Waals surface area contributed by atoms with E-state index in [0.29, 0.717) is 6.61 Å². The highest BCUT2D eigenvalue weighted by Crippen LogP contribution is 2.19. The van der Waals surface area contributed by atoms with Gasteiger partial charge in [-0.3, -0.25) is 0 Å². The molecular weight excluding hydrogens is 290 g/mol. The number of nitrogens with one attached hydrogen (secondary N) is 1. The van der Waals surface area contributed by atoms with Crippen LogP contribution in [0.5, 0.6) is 0 Å². The molecule has 0 radical (unpaired) electrons. The van der Waals surface area contributed by atoms with Crippen LogP contribution in [-0.4, -0.2) is 27.7 Å². The van der Waals surface area contributed by atoms with Crippen molar-refractivity contribution in [2.45, 2.75) is 31.4 Å². The lowest BCUT2D eigenvalue weighted by Crippen LogP contribution is -2.33. The van der Waals surface area contributed by atoms with Crippen LogP contribution < -0.4 is 10.5 Å². The molecule has 0 aliphatic carbocycles. The van der Waals surface area contributed by atoms with Crippen molar-refractivity contribution in [3.05, 3.63) is 29.3 Å². The van der Waals surface area contributed by atoms with Crippen molar-refractivity contribution < 1.29 is 21.9 Å². The summed E-state index contributed by atoms with van der Waals surface area (Å²) in [6.45, 7) is 3.73. The van der Waals surface area contributed by atoms with Crippen molar-refractivity contribution in [3.8, 4) is 0 Å². The third-order valence-corrected chi connectivity index (χ3v) is 4.01. The molecule has 0 amide bonds. The second kappa shape index (κ2) is 7.07. The molecule has 0 aromatic heterocycles. The van der Waals surface area contributed by atoms with Gasteiger partial charge in [-0.15, -0.1) is 0 Å². The Hall–Kier alpha value is -1.09. The number of hydrogen-bond donors (Lipinski definition) is 2.